The van der Waals surface area contributed by atoms with Crippen LogP contribution >= 0.6 is 0 Å². The van der Waals surface area contributed by atoms with Crippen LogP contribution in [0.5, 0.6) is 11.5 Å². The van der Waals surface area contributed by atoms with Gasteiger partial charge in [-0.15, -0.1) is 0 Å². The summed E-state index contributed by atoms with van der Waals surface area (Å²) in [4.78, 5) is 39.5. The second-order valence-electron chi connectivity index (χ2n) is 7.74. The number of hydrogen-bond acceptors (Lipinski definition) is 6. The van der Waals surface area contributed by atoms with Crippen molar-refractivity contribution >= 4 is 23.3 Å². The molecule has 1 N–H and O–H groups in total. The monoisotopic (exact) mass is 448 g/mol. The van der Waals surface area contributed by atoms with Crippen molar-refractivity contribution in [3.63, 3.8) is 0 Å². The van der Waals surface area contributed by atoms with Gasteiger partial charge in [0.1, 0.15) is 23.3 Å². The average Bonchev–Trinajstić information content (AvgIpc) is 3.34. The zero-order valence-corrected chi connectivity index (χ0v) is 18.4. The molecule has 1 unspecified atom stereocenters. The third-order valence-electron chi connectivity index (χ3n) is 5.30. The molecule has 0 saturated heterocycles. The van der Waals surface area contributed by atoms with Crippen molar-refractivity contribution in [2.45, 2.75) is 26.4 Å². The van der Waals surface area contributed by atoms with Crippen LogP contribution in [0.4, 0.5) is 5.69 Å². The summed E-state index contributed by atoms with van der Waals surface area (Å²) >= 11 is 0. The van der Waals surface area contributed by atoms with E-state index in [1.54, 1.807) is 43.3 Å². The number of fused-ring (bicyclic) bond motifs is 1. The lowest BCUT2D eigenvalue weighted by Gasteiger charge is -2.33. The van der Waals surface area contributed by atoms with Crippen LogP contribution in [0, 0.1) is 6.92 Å². The van der Waals surface area contributed by atoms with E-state index in [2.05, 4.69) is 5.32 Å². The Morgan fingerprint density at radius 2 is 2.00 bits per heavy atom. The molecule has 170 valence electrons. The van der Waals surface area contributed by atoms with Crippen molar-refractivity contribution < 1.29 is 28.3 Å². The second kappa shape index (κ2) is 9.60. The number of benzene rings is 2. The number of carbonyl (C=O) groups is 3. The topological polar surface area (TPSA) is 98.1 Å². The first-order chi connectivity index (χ1) is 15.9. The highest BCUT2D eigenvalue weighted by Gasteiger charge is 2.33. The first-order valence-corrected chi connectivity index (χ1v) is 10.5. The van der Waals surface area contributed by atoms with E-state index in [1.807, 2.05) is 25.1 Å². The van der Waals surface area contributed by atoms with Crippen molar-refractivity contribution in [3.05, 3.63) is 77.7 Å². The number of rotatable bonds is 8. The van der Waals surface area contributed by atoms with Gasteiger partial charge in [0.2, 0.25) is 5.91 Å². The van der Waals surface area contributed by atoms with Crippen LogP contribution in [-0.2, 0) is 16.1 Å². The normalized spacial score (nSPS) is 13.6. The van der Waals surface area contributed by atoms with E-state index in [0.717, 1.165) is 5.56 Å². The van der Waals surface area contributed by atoms with Crippen molar-refractivity contribution in [3.8, 4) is 11.5 Å². The van der Waals surface area contributed by atoms with Gasteiger partial charge in [0.15, 0.2) is 19.0 Å². The predicted octanol–water partition coefficient (Wildman–Crippen LogP) is 3.28. The Morgan fingerprint density at radius 3 is 2.76 bits per heavy atom. The minimum Gasteiger partial charge on any atom is -0.485 e. The molecule has 2 aromatic carbocycles. The highest BCUT2D eigenvalue weighted by molar-refractivity contribution is 6.05. The fourth-order valence-electron chi connectivity index (χ4n) is 3.56. The predicted molar refractivity (Wildman–Crippen MR) is 120 cm³/mol. The standard InChI is InChI=1S/C25H24N2O6/c1-16-5-3-6-19(11-16)32-14-22(28)18-8-9-23-21(12-18)27(24(29)15-33-23)17(2)25(30)26-13-20-7-4-10-31-20/h3-12,17H,13-15H2,1-2H3,(H,26,30). The van der Waals surface area contributed by atoms with E-state index in [1.165, 1.54) is 11.2 Å². The molecule has 0 fully saturated rings. The number of ether oxygens (including phenoxy) is 2. The van der Waals surface area contributed by atoms with Gasteiger partial charge in [-0.3, -0.25) is 19.3 Å². The van der Waals surface area contributed by atoms with Crippen LogP contribution in [0.3, 0.4) is 0 Å². The fraction of sp³-hybridized carbons (Fsp3) is 0.240. The molecule has 0 bridgehead atoms. The molecule has 0 spiro atoms. The number of anilines is 1. The van der Waals surface area contributed by atoms with E-state index >= 15 is 0 Å². The van der Waals surface area contributed by atoms with Crippen LogP contribution in [0.25, 0.3) is 0 Å². The molecule has 0 aliphatic carbocycles. The SMILES string of the molecule is Cc1cccc(OCC(=O)c2ccc3c(c2)N(C(C)C(=O)NCc2ccco2)C(=O)CO3)c1. The van der Waals surface area contributed by atoms with E-state index < -0.39 is 6.04 Å². The smallest absolute Gasteiger partial charge is 0.265 e. The third kappa shape index (κ3) is 5.06. The van der Waals surface area contributed by atoms with Gasteiger partial charge >= 0.3 is 0 Å². The summed E-state index contributed by atoms with van der Waals surface area (Å²) < 4.78 is 16.4. The van der Waals surface area contributed by atoms with Crippen LogP contribution in [0.1, 0.15) is 28.6 Å². The lowest BCUT2D eigenvalue weighted by atomic mass is 10.1. The summed E-state index contributed by atoms with van der Waals surface area (Å²) in [6.45, 7) is 3.43. The minimum atomic E-state index is -0.816. The van der Waals surface area contributed by atoms with Crippen LogP contribution < -0.4 is 19.7 Å². The highest BCUT2D eigenvalue weighted by atomic mass is 16.5. The number of ketones is 1. The van der Waals surface area contributed by atoms with Crippen molar-refractivity contribution in [1.29, 1.82) is 0 Å². The van der Waals surface area contributed by atoms with Gasteiger partial charge < -0.3 is 19.2 Å². The van der Waals surface area contributed by atoms with Crippen LogP contribution in [0.2, 0.25) is 0 Å². The Balaban J connectivity index is 1.49. The zero-order valence-electron chi connectivity index (χ0n) is 18.4. The lowest BCUT2D eigenvalue weighted by molar-refractivity contribution is -0.127. The summed E-state index contributed by atoms with van der Waals surface area (Å²) in [5.41, 5.74) is 1.75. The Labute approximate surface area is 191 Å². The average molecular weight is 448 g/mol. The van der Waals surface area contributed by atoms with Gasteiger partial charge in [-0.1, -0.05) is 12.1 Å². The number of furan rings is 1. The number of amides is 2. The summed E-state index contributed by atoms with van der Waals surface area (Å²) in [5.74, 6) is 0.647. The zero-order chi connectivity index (χ0) is 23.4. The molecule has 1 aliphatic heterocycles. The molecular weight excluding hydrogens is 424 g/mol. The van der Waals surface area contributed by atoms with Gasteiger partial charge in [-0.25, -0.2) is 0 Å². The van der Waals surface area contributed by atoms with Gasteiger partial charge in [0.25, 0.3) is 5.91 Å². The fourth-order valence-corrected chi connectivity index (χ4v) is 3.56. The Bertz CT molecular complexity index is 1170. The molecule has 1 aromatic heterocycles. The summed E-state index contributed by atoms with van der Waals surface area (Å²) in [5, 5.41) is 2.76. The highest BCUT2D eigenvalue weighted by Crippen LogP contribution is 2.34. The lowest BCUT2D eigenvalue weighted by Crippen LogP contribution is -2.51. The van der Waals surface area contributed by atoms with Crippen molar-refractivity contribution in [2.24, 2.45) is 0 Å². The van der Waals surface area contributed by atoms with Crippen molar-refractivity contribution in [2.75, 3.05) is 18.1 Å². The van der Waals surface area contributed by atoms with Gasteiger partial charge in [-0.05, 0) is 61.9 Å². The molecular formula is C25H24N2O6. The van der Waals surface area contributed by atoms with E-state index in [-0.39, 0.29) is 37.4 Å². The van der Waals surface area contributed by atoms with Gasteiger partial charge in [-0.2, -0.15) is 0 Å². The summed E-state index contributed by atoms with van der Waals surface area (Å²) in [6.07, 6.45) is 1.52. The maximum Gasteiger partial charge on any atom is 0.265 e. The maximum absolute atomic E-state index is 12.8. The van der Waals surface area contributed by atoms with Gasteiger partial charge in [0, 0.05) is 5.56 Å². The summed E-state index contributed by atoms with van der Waals surface area (Å²) in [7, 11) is 0. The number of aryl methyl sites for hydroxylation is 1. The minimum absolute atomic E-state index is 0.157. The first-order valence-electron chi connectivity index (χ1n) is 10.5. The molecule has 33 heavy (non-hydrogen) atoms. The third-order valence-corrected chi connectivity index (χ3v) is 5.30. The molecule has 1 atom stereocenters. The second-order valence-corrected chi connectivity index (χ2v) is 7.74. The quantitative estimate of drug-likeness (QED) is 0.531. The number of nitrogens with zero attached hydrogens (tertiary/aromatic N) is 1. The molecule has 4 rings (SSSR count). The maximum atomic E-state index is 12.8. The van der Waals surface area contributed by atoms with E-state index in [9.17, 15) is 14.4 Å². The number of Topliss-reactive ketones (excluding diaryl/α,β-unsaturated/α-hetero) is 1. The molecule has 2 amide bonds. The molecule has 8 heteroatoms. The summed E-state index contributed by atoms with van der Waals surface area (Å²) in [6, 6.07) is 14.9. The van der Waals surface area contributed by atoms with Crippen LogP contribution in [0.15, 0.2) is 65.3 Å². The van der Waals surface area contributed by atoms with E-state index in [0.29, 0.717) is 28.5 Å². The Kier molecular flexibility index (Phi) is 6.44. The van der Waals surface area contributed by atoms with Crippen LogP contribution in [-0.4, -0.2) is 36.9 Å². The largest absolute Gasteiger partial charge is 0.485 e. The number of hydrogen-bond donors (Lipinski definition) is 1. The molecule has 3 aromatic rings. The molecule has 8 nitrogen and oxygen atoms in total. The molecule has 1 aliphatic rings. The number of carbonyl (C=O) groups excluding carboxylic acids is 3. The molecule has 0 saturated carbocycles. The molecule has 0 radical (unpaired) electrons. The Morgan fingerprint density at radius 1 is 1.15 bits per heavy atom. The van der Waals surface area contributed by atoms with Crippen molar-refractivity contribution in [1.82, 2.24) is 5.32 Å². The first kappa shape index (κ1) is 22.1. The molecule has 2 heterocycles. The Hall–Kier alpha value is -4.07. The van der Waals surface area contributed by atoms with E-state index in [4.69, 9.17) is 13.9 Å². The number of nitrogens with one attached hydrogen (secondary N) is 1. The van der Waals surface area contributed by atoms with Gasteiger partial charge in [0.05, 0.1) is 18.5 Å².